The molecule has 0 spiro atoms. The number of aliphatic hydroxyl groups excluding tert-OH is 1. The Kier molecular flexibility index (Phi) is 81.7. The van der Waals surface area contributed by atoms with Gasteiger partial charge in [-0.05, 0) is 37.5 Å². The number of rotatable bonds is 91. The van der Waals surface area contributed by atoms with Crippen molar-refractivity contribution in [1.82, 2.24) is 0 Å². The van der Waals surface area contributed by atoms with Gasteiger partial charge in [-0.3, -0.25) is 37.3 Å². The highest BCUT2D eigenvalue weighted by Gasteiger charge is 2.31. The van der Waals surface area contributed by atoms with Crippen LogP contribution in [0.1, 0.15) is 497 Å². The molecule has 7 atom stereocenters. The minimum Gasteiger partial charge on any atom is -0.462 e. The number of phosphoric acid groups is 2. The topological polar surface area (TPSA) is 237 Å². The molecule has 0 fully saturated rings. The van der Waals surface area contributed by atoms with Gasteiger partial charge < -0.3 is 33.8 Å². The van der Waals surface area contributed by atoms with E-state index in [4.69, 9.17) is 37.0 Å². The van der Waals surface area contributed by atoms with Crippen LogP contribution >= 0.6 is 15.6 Å². The Balaban J connectivity index is 5.25. The van der Waals surface area contributed by atoms with Crippen molar-refractivity contribution in [1.29, 1.82) is 0 Å². The maximum absolute atomic E-state index is 13.2. The largest absolute Gasteiger partial charge is 0.472 e. The van der Waals surface area contributed by atoms with E-state index in [9.17, 15) is 43.2 Å². The average molecular weight is 1620 g/mol. The van der Waals surface area contributed by atoms with Gasteiger partial charge in [-0.1, -0.05) is 446 Å². The fourth-order valence-corrected chi connectivity index (χ4v) is 16.0. The van der Waals surface area contributed by atoms with Crippen molar-refractivity contribution in [2.24, 2.45) is 11.8 Å². The first-order valence-corrected chi connectivity index (χ1v) is 50.6. The van der Waals surface area contributed by atoms with Gasteiger partial charge in [-0.15, -0.1) is 0 Å². The first-order chi connectivity index (χ1) is 53.9. The Morgan fingerprint density at radius 1 is 0.252 bits per heavy atom. The van der Waals surface area contributed by atoms with Crippen molar-refractivity contribution >= 4 is 39.5 Å². The SMILES string of the molecule is CCCCCCCCCCCCCCCCCCCCCC(=O)OC[C@H](COP(=O)(O)OC[C@@H](O)COP(=O)(O)OC[C@@H](COC(=O)CCCCCCCCCCC(C)CC)OC(=O)CCCCCCCCCCCCCCCCCCCC)OC(=O)CCCCCCCCCCCCCCCCCCCCC(C)CC. The van der Waals surface area contributed by atoms with Gasteiger partial charge in [0.2, 0.25) is 0 Å². The predicted octanol–water partition coefficient (Wildman–Crippen LogP) is 28.6. The lowest BCUT2D eigenvalue weighted by atomic mass is 9.99. The van der Waals surface area contributed by atoms with Gasteiger partial charge in [0.15, 0.2) is 12.2 Å². The molecule has 0 saturated heterocycles. The summed E-state index contributed by atoms with van der Waals surface area (Å²) in [5.74, 6) is -0.446. The Labute approximate surface area is 683 Å². The summed E-state index contributed by atoms with van der Waals surface area (Å²) in [6.07, 6.45) is 77.8. The van der Waals surface area contributed by atoms with Crippen LogP contribution in [0.2, 0.25) is 0 Å². The molecule has 0 rings (SSSR count). The number of carbonyl (C=O) groups is 4. The Hall–Kier alpha value is -1.94. The molecule has 0 aromatic heterocycles. The van der Waals surface area contributed by atoms with Crippen LogP contribution in [0.25, 0.3) is 0 Å². The van der Waals surface area contributed by atoms with Gasteiger partial charge >= 0.3 is 39.5 Å². The van der Waals surface area contributed by atoms with Crippen molar-refractivity contribution in [3.8, 4) is 0 Å². The summed E-state index contributed by atoms with van der Waals surface area (Å²) in [6, 6.07) is 0. The molecule has 0 aromatic rings. The maximum Gasteiger partial charge on any atom is 0.472 e. The predicted molar refractivity (Wildman–Crippen MR) is 460 cm³/mol. The fourth-order valence-electron chi connectivity index (χ4n) is 14.4. The normalized spacial score (nSPS) is 14.2. The summed E-state index contributed by atoms with van der Waals surface area (Å²) >= 11 is 0. The van der Waals surface area contributed by atoms with Gasteiger partial charge in [0, 0.05) is 25.7 Å². The molecule has 0 heterocycles. The molecular formula is C92H180O17P2. The second kappa shape index (κ2) is 83.1. The van der Waals surface area contributed by atoms with E-state index in [2.05, 4.69) is 41.5 Å². The number of phosphoric ester groups is 2. The van der Waals surface area contributed by atoms with Crippen LogP contribution in [0.5, 0.6) is 0 Å². The first kappa shape index (κ1) is 109. The highest BCUT2D eigenvalue weighted by molar-refractivity contribution is 7.47. The van der Waals surface area contributed by atoms with Gasteiger partial charge in [-0.25, -0.2) is 9.13 Å². The standard InChI is InChI=1S/C92H180O17P2/c1-7-11-13-15-17-19-21-23-25-27-29-34-37-41-45-49-56-62-68-74-89(94)102-80-87(108-91(96)76-71-65-59-51-47-43-39-35-31-30-32-36-40-44-48-54-60-66-72-84(5)9-3)82-106-110(98,99)104-78-86(93)79-105-111(100,101)107-83-88(81-103-90(95)75-69-63-57-53-52-55-61-67-73-85(6)10-4)109-92(97)77-70-64-58-50-46-42-38-33-28-26-24-22-20-18-16-14-12-8-2/h84-88,93H,7-83H2,1-6H3,(H,98,99)(H,100,101)/t84?,85?,86-,87-,88-/m1/s1. The molecule has 3 N–H and O–H groups in total. The summed E-state index contributed by atoms with van der Waals surface area (Å²) in [4.78, 5) is 73.5. The molecular weight excluding hydrogens is 1440 g/mol. The van der Waals surface area contributed by atoms with E-state index in [1.807, 2.05) is 0 Å². The van der Waals surface area contributed by atoms with Crippen LogP contribution in [0.15, 0.2) is 0 Å². The molecule has 111 heavy (non-hydrogen) atoms. The van der Waals surface area contributed by atoms with Crippen molar-refractivity contribution in [3.05, 3.63) is 0 Å². The molecule has 0 radical (unpaired) electrons. The van der Waals surface area contributed by atoms with E-state index >= 15 is 0 Å². The molecule has 0 aromatic carbocycles. The third kappa shape index (κ3) is 82.9. The molecule has 0 aliphatic rings. The third-order valence-corrected chi connectivity index (χ3v) is 24.3. The van der Waals surface area contributed by atoms with Gasteiger partial charge in [0.05, 0.1) is 26.4 Å². The van der Waals surface area contributed by atoms with E-state index in [1.165, 1.54) is 315 Å². The molecule has 19 heteroatoms. The van der Waals surface area contributed by atoms with Gasteiger partial charge in [-0.2, -0.15) is 0 Å². The zero-order chi connectivity index (χ0) is 81.3. The Bertz CT molecular complexity index is 2120. The minimum atomic E-state index is -4.97. The zero-order valence-electron chi connectivity index (χ0n) is 73.3. The van der Waals surface area contributed by atoms with Gasteiger partial charge in [0.1, 0.15) is 19.3 Å². The van der Waals surface area contributed by atoms with Crippen LogP contribution in [0.4, 0.5) is 0 Å². The first-order valence-electron chi connectivity index (χ1n) is 47.6. The molecule has 4 unspecified atom stereocenters. The molecule has 0 amide bonds. The summed E-state index contributed by atoms with van der Waals surface area (Å²) in [7, 11) is -9.94. The molecule has 17 nitrogen and oxygen atoms in total. The fraction of sp³-hybridized carbons (Fsp3) is 0.957. The monoisotopic (exact) mass is 1620 g/mol. The zero-order valence-corrected chi connectivity index (χ0v) is 75.1. The van der Waals surface area contributed by atoms with Crippen LogP contribution in [-0.4, -0.2) is 96.7 Å². The van der Waals surface area contributed by atoms with E-state index in [1.54, 1.807) is 0 Å². The third-order valence-electron chi connectivity index (χ3n) is 22.4. The number of ether oxygens (including phenoxy) is 4. The molecule has 0 aliphatic carbocycles. The van der Waals surface area contributed by atoms with Crippen LogP contribution in [0.3, 0.4) is 0 Å². The van der Waals surface area contributed by atoms with E-state index in [0.29, 0.717) is 25.7 Å². The van der Waals surface area contributed by atoms with E-state index < -0.39 is 97.5 Å². The lowest BCUT2D eigenvalue weighted by Gasteiger charge is -2.21. The smallest absolute Gasteiger partial charge is 0.462 e. The van der Waals surface area contributed by atoms with Crippen molar-refractivity contribution in [2.75, 3.05) is 39.6 Å². The van der Waals surface area contributed by atoms with E-state index in [0.717, 1.165) is 102 Å². The molecule has 660 valence electrons. The Morgan fingerprint density at radius 2 is 0.432 bits per heavy atom. The Morgan fingerprint density at radius 3 is 0.640 bits per heavy atom. The lowest BCUT2D eigenvalue weighted by molar-refractivity contribution is -0.161. The maximum atomic E-state index is 13.2. The lowest BCUT2D eigenvalue weighted by Crippen LogP contribution is -2.30. The highest BCUT2D eigenvalue weighted by atomic mass is 31.2. The molecule has 0 bridgehead atoms. The van der Waals surface area contributed by atoms with Crippen molar-refractivity contribution < 1.29 is 80.2 Å². The van der Waals surface area contributed by atoms with Crippen LogP contribution < -0.4 is 0 Å². The molecule has 0 saturated carbocycles. The summed E-state index contributed by atoms with van der Waals surface area (Å²) in [6.45, 7) is 9.78. The number of carbonyl (C=O) groups excluding carboxylic acids is 4. The summed E-state index contributed by atoms with van der Waals surface area (Å²) in [5, 5.41) is 10.7. The highest BCUT2D eigenvalue weighted by Crippen LogP contribution is 2.45. The number of aliphatic hydroxyl groups is 1. The number of esters is 4. The van der Waals surface area contributed by atoms with Crippen LogP contribution in [0, 0.1) is 11.8 Å². The van der Waals surface area contributed by atoms with Crippen molar-refractivity contribution in [3.63, 3.8) is 0 Å². The van der Waals surface area contributed by atoms with Crippen molar-refractivity contribution in [2.45, 2.75) is 516 Å². The molecule has 0 aliphatic heterocycles. The van der Waals surface area contributed by atoms with E-state index in [-0.39, 0.29) is 25.7 Å². The quantitative estimate of drug-likeness (QED) is 0.0222. The number of unbranched alkanes of at least 4 members (excludes halogenated alkanes) is 59. The minimum absolute atomic E-state index is 0.109. The van der Waals surface area contributed by atoms with Gasteiger partial charge in [0.25, 0.3) is 0 Å². The second-order valence-electron chi connectivity index (χ2n) is 33.5. The summed E-state index contributed by atoms with van der Waals surface area (Å²) in [5.41, 5.74) is 0. The average Bonchev–Trinajstić information content (AvgIpc) is 0.898. The summed E-state index contributed by atoms with van der Waals surface area (Å²) < 4.78 is 69.1. The van der Waals surface area contributed by atoms with Crippen LogP contribution in [-0.2, 0) is 65.4 Å². The second-order valence-corrected chi connectivity index (χ2v) is 36.4. The number of hydrogen-bond acceptors (Lipinski definition) is 15. The number of hydrogen-bond donors (Lipinski definition) is 3.